The average Bonchev–Trinajstić information content (AvgIpc) is 3.26. The first-order valence-corrected chi connectivity index (χ1v) is 9.60. The second-order valence-corrected chi connectivity index (χ2v) is 7.39. The number of nitrogens with one attached hydrogen (secondary N) is 2. The monoisotopic (exact) mass is 373 g/mol. The summed E-state index contributed by atoms with van der Waals surface area (Å²) in [5.74, 6) is 0.0856. The maximum absolute atomic E-state index is 12.2. The van der Waals surface area contributed by atoms with Gasteiger partial charge < -0.3 is 10.2 Å². The molecule has 1 aromatic heterocycles. The maximum atomic E-state index is 12.2. The molecule has 1 saturated heterocycles. The molecule has 2 N–H and O–H groups in total. The van der Waals surface area contributed by atoms with Gasteiger partial charge in [-0.05, 0) is 37.5 Å². The Morgan fingerprint density at radius 1 is 1.35 bits per heavy atom. The molecular weight excluding hydrogens is 354 g/mol. The summed E-state index contributed by atoms with van der Waals surface area (Å²) in [7, 11) is 0. The molecule has 2 heterocycles. The van der Waals surface area contributed by atoms with Crippen LogP contribution in [0.4, 0.5) is 11.4 Å². The van der Waals surface area contributed by atoms with Gasteiger partial charge in [0.2, 0.25) is 11.8 Å². The van der Waals surface area contributed by atoms with Crippen LogP contribution in [0.1, 0.15) is 31.7 Å². The van der Waals surface area contributed by atoms with Crippen LogP contribution in [0, 0.1) is 0 Å². The van der Waals surface area contributed by atoms with E-state index in [0.29, 0.717) is 23.8 Å². The Kier molecular flexibility index (Phi) is 4.54. The fourth-order valence-electron chi connectivity index (χ4n) is 3.05. The van der Waals surface area contributed by atoms with Crippen LogP contribution in [0.5, 0.6) is 0 Å². The molecular formula is C17H19N5O3S. The van der Waals surface area contributed by atoms with Gasteiger partial charge in [0.15, 0.2) is 5.16 Å². The van der Waals surface area contributed by atoms with Gasteiger partial charge in [0.25, 0.3) is 0 Å². The van der Waals surface area contributed by atoms with Gasteiger partial charge in [-0.1, -0.05) is 17.8 Å². The van der Waals surface area contributed by atoms with Crippen molar-refractivity contribution >= 4 is 35.0 Å². The zero-order chi connectivity index (χ0) is 18.1. The molecule has 4 rings (SSSR count). The molecule has 0 atom stereocenters. The summed E-state index contributed by atoms with van der Waals surface area (Å²) < 4.78 is 1.62. The number of anilines is 2. The molecule has 0 unspecified atom stereocenters. The Morgan fingerprint density at radius 2 is 2.19 bits per heavy atom. The van der Waals surface area contributed by atoms with E-state index in [-0.39, 0.29) is 29.3 Å². The first kappa shape index (κ1) is 16.9. The van der Waals surface area contributed by atoms with Crippen LogP contribution in [-0.4, -0.2) is 38.9 Å². The van der Waals surface area contributed by atoms with Crippen LogP contribution < -0.4 is 15.9 Å². The van der Waals surface area contributed by atoms with E-state index in [9.17, 15) is 14.4 Å². The number of rotatable bonds is 6. The third-order valence-electron chi connectivity index (χ3n) is 4.43. The summed E-state index contributed by atoms with van der Waals surface area (Å²) in [5, 5.41) is 9.82. The molecule has 1 saturated carbocycles. The molecule has 2 aliphatic rings. The van der Waals surface area contributed by atoms with Gasteiger partial charge in [-0.3, -0.25) is 14.2 Å². The smallest absolute Gasteiger partial charge is 0.325 e. The van der Waals surface area contributed by atoms with Crippen molar-refractivity contribution in [3.05, 3.63) is 34.7 Å². The van der Waals surface area contributed by atoms with Crippen molar-refractivity contribution in [2.45, 2.75) is 36.9 Å². The molecule has 1 aromatic carbocycles. The van der Waals surface area contributed by atoms with Crippen molar-refractivity contribution in [2.75, 3.05) is 22.5 Å². The number of amides is 2. The Balaban J connectivity index is 1.38. The summed E-state index contributed by atoms with van der Waals surface area (Å²) in [6.45, 7) is 0.712. The molecule has 0 spiro atoms. The lowest BCUT2D eigenvalue weighted by Gasteiger charge is -2.16. The largest absolute Gasteiger partial charge is 0.344 e. The normalized spacial score (nSPS) is 16.9. The number of hydrogen-bond donors (Lipinski definition) is 2. The molecule has 1 aliphatic carbocycles. The second-order valence-electron chi connectivity index (χ2n) is 6.45. The quantitative estimate of drug-likeness (QED) is 0.752. The standard InChI is InChI=1S/C17H19N5O3S/c23-14(10-26-17-20-19-16(25)22(17)12-6-7-12)18-11-3-1-4-13(9-11)21-8-2-5-15(21)24/h1,3-4,9,12H,2,5-8,10H2,(H,18,23)(H,19,25). The molecule has 0 bridgehead atoms. The van der Waals surface area contributed by atoms with Crippen molar-refractivity contribution in [1.82, 2.24) is 14.8 Å². The van der Waals surface area contributed by atoms with Crippen molar-refractivity contribution in [2.24, 2.45) is 0 Å². The molecule has 0 radical (unpaired) electrons. The minimum atomic E-state index is -0.224. The zero-order valence-corrected chi connectivity index (χ0v) is 14.9. The van der Waals surface area contributed by atoms with Gasteiger partial charge >= 0.3 is 5.69 Å². The Bertz CT molecular complexity index is 902. The highest BCUT2D eigenvalue weighted by Crippen LogP contribution is 2.36. The first-order valence-electron chi connectivity index (χ1n) is 8.62. The molecule has 136 valence electrons. The third kappa shape index (κ3) is 3.52. The zero-order valence-electron chi connectivity index (χ0n) is 14.1. The number of carbonyl (C=O) groups is 2. The lowest BCUT2D eigenvalue weighted by Crippen LogP contribution is -2.24. The summed E-state index contributed by atoms with van der Waals surface area (Å²) >= 11 is 1.24. The molecule has 2 amide bonds. The van der Waals surface area contributed by atoms with Crippen LogP contribution >= 0.6 is 11.8 Å². The molecule has 26 heavy (non-hydrogen) atoms. The van der Waals surface area contributed by atoms with E-state index in [1.807, 2.05) is 12.1 Å². The van der Waals surface area contributed by atoms with E-state index in [4.69, 9.17) is 0 Å². The predicted molar refractivity (Wildman–Crippen MR) is 98.5 cm³/mol. The summed E-state index contributed by atoms with van der Waals surface area (Å²) in [4.78, 5) is 37.6. The summed E-state index contributed by atoms with van der Waals surface area (Å²) in [6.07, 6.45) is 3.38. The fourth-order valence-corrected chi connectivity index (χ4v) is 3.86. The van der Waals surface area contributed by atoms with Gasteiger partial charge in [-0.15, -0.1) is 5.10 Å². The van der Waals surface area contributed by atoms with E-state index < -0.39 is 0 Å². The Morgan fingerprint density at radius 3 is 2.92 bits per heavy atom. The van der Waals surface area contributed by atoms with Gasteiger partial charge in [-0.25, -0.2) is 9.89 Å². The van der Waals surface area contributed by atoms with Crippen LogP contribution in [-0.2, 0) is 9.59 Å². The maximum Gasteiger partial charge on any atom is 0.344 e. The van der Waals surface area contributed by atoms with Crippen molar-refractivity contribution in [3.63, 3.8) is 0 Å². The SMILES string of the molecule is O=C(CSc1n[nH]c(=O)n1C1CC1)Nc1cccc(N2CCCC2=O)c1. The van der Waals surface area contributed by atoms with E-state index >= 15 is 0 Å². The number of thioether (sulfide) groups is 1. The summed E-state index contributed by atoms with van der Waals surface area (Å²) in [6, 6.07) is 7.50. The lowest BCUT2D eigenvalue weighted by atomic mass is 10.2. The van der Waals surface area contributed by atoms with E-state index in [1.54, 1.807) is 21.6 Å². The van der Waals surface area contributed by atoms with Crippen molar-refractivity contribution in [3.8, 4) is 0 Å². The molecule has 9 heteroatoms. The van der Waals surface area contributed by atoms with Gasteiger partial charge in [-0.2, -0.15) is 0 Å². The number of nitrogens with zero attached hydrogens (tertiary/aromatic N) is 3. The van der Waals surface area contributed by atoms with E-state index in [1.165, 1.54) is 11.8 Å². The Labute approximate surface area is 154 Å². The fraction of sp³-hybridized carbons (Fsp3) is 0.412. The number of aromatic amines is 1. The van der Waals surface area contributed by atoms with Gasteiger partial charge in [0.05, 0.1) is 5.75 Å². The number of hydrogen-bond acceptors (Lipinski definition) is 5. The molecule has 2 fully saturated rings. The highest BCUT2D eigenvalue weighted by molar-refractivity contribution is 7.99. The van der Waals surface area contributed by atoms with Crippen LogP contribution in [0.25, 0.3) is 0 Å². The summed E-state index contributed by atoms with van der Waals surface area (Å²) in [5.41, 5.74) is 1.22. The average molecular weight is 373 g/mol. The topological polar surface area (TPSA) is 100 Å². The first-order chi connectivity index (χ1) is 12.6. The minimum Gasteiger partial charge on any atom is -0.325 e. The van der Waals surface area contributed by atoms with Crippen molar-refractivity contribution < 1.29 is 9.59 Å². The second kappa shape index (κ2) is 6.99. The Hall–Kier alpha value is -2.55. The van der Waals surface area contributed by atoms with Crippen LogP contribution in [0.2, 0.25) is 0 Å². The molecule has 2 aromatic rings. The molecule has 1 aliphatic heterocycles. The lowest BCUT2D eigenvalue weighted by molar-refractivity contribution is -0.117. The highest BCUT2D eigenvalue weighted by atomic mass is 32.2. The predicted octanol–water partition coefficient (Wildman–Crippen LogP) is 1.76. The number of benzene rings is 1. The highest BCUT2D eigenvalue weighted by Gasteiger charge is 2.28. The van der Waals surface area contributed by atoms with E-state index in [2.05, 4.69) is 15.5 Å². The molecule has 8 nitrogen and oxygen atoms in total. The van der Waals surface area contributed by atoms with E-state index in [0.717, 1.165) is 24.9 Å². The number of H-pyrrole nitrogens is 1. The van der Waals surface area contributed by atoms with Gasteiger partial charge in [0.1, 0.15) is 0 Å². The van der Waals surface area contributed by atoms with Crippen molar-refractivity contribution in [1.29, 1.82) is 0 Å². The number of carbonyl (C=O) groups excluding carboxylic acids is 2. The minimum absolute atomic E-state index is 0.112. The van der Waals surface area contributed by atoms with Gasteiger partial charge in [0, 0.05) is 30.4 Å². The van der Waals surface area contributed by atoms with Crippen LogP contribution in [0.3, 0.4) is 0 Å². The number of aromatic nitrogens is 3. The third-order valence-corrected chi connectivity index (χ3v) is 5.38. The van der Waals surface area contributed by atoms with Crippen LogP contribution in [0.15, 0.2) is 34.2 Å².